The van der Waals surface area contributed by atoms with E-state index in [4.69, 9.17) is 9.57 Å². The summed E-state index contributed by atoms with van der Waals surface area (Å²) in [4.78, 5) is 27.9. The monoisotopic (exact) mass is 277 g/mol. The van der Waals surface area contributed by atoms with Crippen LogP contribution >= 0.6 is 0 Å². The molecule has 0 radical (unpaired) electrons. The highest BCUT2D eigenvalue weighted by Crippen LogP contribution is 1.94. The van der Waals surface area contributed by atoms with Gasteiger partial charge in [-0.2, -0.15) is 5.06 Å². The predicted molar refractivity (Wildman–Crippen MR) is 68.6 cm³/mol. The molecular weight excluding hydrogens is 254 g/mol. The second-order valence-electron chi connectivity index (χ2n) is 3.85. The van der Waals surface area contributed by atoms with Crippen LogP contribution in [-0.4, -0.2) is 76.2 Å². The van der Waals surface area contributed by atoms with Crippen LogP contribution in [-0.2, 0) is 14.3 Å². The average Bonchev–Trinajstić information content (AvgIpc) is 2.82. The number of hydroxylamine groups is 2. The maximum atomic E-state index is 11.1. The number of likely N-dealkylation sites (N-methyl/N-ethyl adjacent to an activating group) is 1. The third-order valence-corrected chi connectivity index (χ3v) is 2.05. The molecule has 2 amide bonds. The minimum absolute atomic E-state index is 0.296. The Hall–Kier alpha value is -1.54. The van der Waals surface area contributed by atoms with E-state index in [1.165, 1.54) is 12.2 Å². The Balaban J connectivity index is 0.000000443. The maximum absolute atomic E-state index is 11.1. The third-order valence-electron chi connectivity index (χ3n) is 2.05. The molecule has 1 aliphatic heterocycles. The summed E-state index contributed by atoms with van der Waals surface area (Å²) in [5.74, 6) is 0. The molecule has 8 heteroatoms. The van der Waals surface area contributed by atoms with Crippen molar-refractivity contribution < 1.29 is 23.9 Å². The lowest BCUT2D eigenvalue weighted by molar-refractivity contribution is -0.111. The number of amides is 2. The summed E-state index contributed by atoms with van der Waals surface area (Å²) < 4.78 is 9.17. The van der Waals surface area contributed by atoms with E-state index in [1.54, 1.807) is 6.92 Å². The molecule has 8 nitrogen and oxygen atoms in total. The lowest BCUT2D eigenvalue weighted by Gasteiger charge is -2.20. The summed E-state index contributed by atoms with van der Waals surface area (Å²) in [6.45, 7) is 4.56. The number of nitrogens with zero attached hydrogens (tertiary/aromatic N) is 2. The number of ether oxygens (including phenoxy) is 2. The summed E-state index contributed by atoms with van der Waals surface area (Å²) in [7, 11) is 5.31. The van der Waals surface area contributed by atoms with Gasteiger partial charge in [0.25, 0.3) is 0 Å². The van der Waals surface area contributed by atoms with Gasteiger partial charge in [0.1, 0.15) is 6.61 Å². The van der Waals surface area contributed by atoms with E-state index in [0.29, 0.717) is 26.3 Å². The maximum Gasteiger partial charge on any atom is 0.433 e. The third kappa shape index (κ3) is 9.09. The van der Waals surface area contributed by atoms with Gasteiger partial charge in [0, 0.05) is 6.54 Å². The van der Waals surface area contributed by atoms with Gasteiger partial charge in [0.15, 0.2) is 0 Å². The van der Waals surface area contributed by atoms with E-state index in [-0.39, 0.29) is 6.09 Å². The van der Waals surface area contributed by atoms with Crippen molar-refractivity contribution >= 4 is 12.2 Å². The highest BCUT2D eigenvalue weighted by molar-refractivity contribution is 5.68. The molecule has 1 aliphatic rings. The molecule has 1 fully saturated rings. The highest BCUT2D eigenvalue weighted by atomic mass is 16.7. The Morgan fingerprint density at radius 2 is 2.11 bits per heavy atom. The fraction of sp³-hybridized carbons (Fsp3) is 0.818. The molecule has 1 N–H and O–H groups in total. The van der Waals surface area contributed by atoms with Crippen LogP contribution < -0.4 is 5.32 Å². The van der Waals surface area contributed by atoms with E-state index < -0.39 is 6.09 Å². The average molecular weight is 277 g/mol. The molecule has 1 saturated heterocycles. The van der Waals surface area contributed by atoms with E-state index in [2.05, 4.69) is 10.1 Å². The Bertz CT molecular complexity index is 265. The predicted octanol–water partition coefficient (Wildman–Crippen LogP) is 0.294. The van der Waals surface area contributed by atoms with Gasteiger partial charge in [-0.15, -0.1) is 0 Å². The molecular formula is C11H23N3O5. The number of alkyl carbamates (subject to hydrolysis) is 1. The van der Waals surface area contributed by atoms with Crippen LogP contribution in [0.2, 0.25) is 0 Å². The zero-order valence-corrected chi connectivity index (χ0v) is 12.0. The van der Waals surface area contributed by atoms with Crippen molar-refractivity contribution in [2.75, 3.05) is 54.1 Å². The minimum atomic E-state index is -0.438. The first kappa shape index (κ1) is 17.5. The summed E-state index contributed by atoms with van der Waals surface area (Å²) in [5, 5.41) is 3.66. The number of hydrogen-bond acceptors (Lipinski definition) is 6. The molecule has 0 spiro atoms. The smallest absolute Gasteiger partial charge is 0.433 e. The molecule has 0 aromatic heterocycles. The van der Waals surface area contributed by atoms with Crippen LogP contribution in [0.5, 0.6) is 0 Å². The molecule has 112 valence electrons. The SMILES string of the molecule is CCOC(=O)N(CCN(C)C)OC.O=C1NCCO1. The number of nitrogens with one attached hydrogen (secondary N) is 1. The lowest BCUT2D eigenvalue weighted by atomic mass is 10.6. The van der Waals surface area contributed by atoms with Crippen LogP contribution in [0.25, 0.3) is 0 Å². The first-order valence-corrected chi connectivity index (χ1v) is 6.05. The van der Waals surface area contributed by atoms with Gasteiger partial charge < -0.3 is 19.7 Å². The second kappa shape index (κ2) is 10.4. The molecule has 0 bridgehead atoms. The van der Waals surface area contributed by atoms with E-state index in [9.17, 15) is 9.59 Å². The second-order valence-corrected chi connectivity index (χ2v) is 3.85. The standard InChI is InChI=1S/C8H18N2O3.C3H5NO2/c1-5-13-8(11)10(12-4)7-6-9(2)3;5-3-4-1-2-6-3/h5-7H2,1-4H3;1-2H2,(H,4,5). The summed E-state index contributed by atoms with van der Waals surface area (Å²) >= 11 is 0. The molecule has 0 saturated carbocycles. The quantitative estimate of drug-likeness (QED) is 0.728. The minimum Gasteiger partial charge on any atom is -0.448 e. The van der Waals surface area contributed by atoms with Gasteiger partial charge in [-0.05, 0) is 21.0 Å². The van der Waals surface area contributed by atoms with Crippen LogP contribution in [0.15, 0.2) is 0 Å². The number of hydrogen-bond donors (Lipinski definition) is 1. The summed E-state index contributed by atoms with van der Waals surface area (Å²) in [6.07, 6.45) is -0.734. The van der Waals surface area contributed by atoms with Crippen molar-refractivity contribution in [2.45, 2.75) is 6.92 Å². The Kier molecular flexibility index (Phi) is 9.55. The van der Waals surface area contributed by atoms with Crippen LogP contribution in [0.1, 0.15) is 6.92 Å². The number of rotatable bonds is 5. The van der Waals surface area contributed by atoms with Crippen molar-refractivity contribution in [3.8, 4) is 0 Å². The summed E-state index contributed by atoms with van der Waals surface area (Å²) in [6, 6.07) is 0. The van der Waals surface area contributed by atoms with Crippen LogP contribution in [0.3, 0.4) is 0 Å². The van der Waals surface area contributed by atoms with Crippen LogP contribution in [0.4, 0.5) is 9.59 Å². The first-order chi connectivity index (χ1) is 9.01. The molecule has 0 aromatic rings. The van der Waals surface area contributed by atoms with E-state index in [0.717, 1.165) is 6.54 Å². The number of carbonyl (C=O) groups excluding carboxylic acids is 2. The van der Waals surface area contributed by atoms with Crippen molar-refractivity contribution in [1.29, 1.82) is 0 Å². The zero-order valence-electron chi connectivity index (χ0n) is 12.0. The highest BCUT2D eigenvalue weighted by Gasteiger charge is 2.13. The normalized spacial score (nSPS) is 13.2. The largest absolute Gasteiger partial charge is 0.448 e. The van der Waals surface area contributed by atoms with Gasteiger partial charge in [-0.25, -0.2) is 9.59 Å². The fourth-order valence-corrected chi connectivity index (χ4v) is 1.09. The molecule has 0 atom stereocenters. The van der Waals surface area contributed by atoms with Gasteiger partial charge in [-0.1, -0.05) is 0 Å². The zero-order chi connectivity index (χ0) is 14.7. The Morgan fingerprint density at radius 3 is 2.42 bits per heavy atom. The van der Waals surface area contributed by atoms with Gasteiger partial charge in [0.2, 0.25) is 0 Å². The van der Waals surface area contributed by atoms with Crippen molar-refractivity contribution in [1.82, 2.24) is 15.3 Å². The molecule has 0 aromatic carbocycles. The topological polar surface area (TPSA) is 80.3 Å². The first-order valence-electron chi connectivity index (χ1n) is 6.05. The van der Waals surface area contributed by atoms with Crippen molar-refractivity contribution in [3.63, 3.8) is 0 Å². The number of cyclic esters (lactones) is 1. The van der Waals surface area contributed by atoms with Crippen LogP contribution in [0, 0.1) is 0 Å². The van der Waals surface area contributed by atoms with Gasteiger partial charge in [0.05, 0.1) is 26.8 Å². The van der Waals surface area contributed by atoms with Gasteiger partial charge >= 0.3 is 12.2 Å². The Morgan fingerprint density at radius 1 is 1.42 bits per heavy atom. The van der Waals surface area contributed by atoms with Gasteiger partial charge in [-0.3, -0.25) is 4.84 Å². The molecule has 1 rings (SSSR count). The van der Waals surface area contributed by atoms with Crippen molar-refractivity contribution in [2.24, 2.45) is 0 Å². The van der Waals surface area contributed by atoms with E-state index in [1.807, 2.05) is 19.0 Å². The fourth-order valence-electron chi connectivity index (χ4n) is 1.09. The molecule has 1 heterocycles. The van der Waals surface area contributed by atoms with E-state index >= 15 is 0 Å². The summed E-state index contributed by atoms with van der Waals surface area (Å²) in [5.41, 5.74) is 0. The molecule has 0 aliphatic carbocycles. The Labute approximate surface area is 113 Å². The molecule has 19 heavy (non-hydrogen) atoms. The van der Waals surface area contributed by atoms with Crippen molar-refractivity contribution in [3.05, 3.63) is 0 Å². The number of carbonyl (C=O) groups is 2. The lowest BCUT2D eigenvalue weighted by Crippen LogP contribution is -2.36. The molecule has 0 unspecified atom stereocenters.